The SMILES string of the molecule is Nc1ccncc1C(O)c1cc(Br)ccc1N. The Bertz CT molecular complexity index is 545. The van der Waals surface area contributed by atoms with E-state index in [1.807, 2.05) is 6.07 Å². The van der Waals surface area contributed by atoms with E-state index in [1.54, 1.807) is 30.6 Å². The highest BCUT2D eigenvalue weighted by Crippen LogP contribution is 2.31. The third-order valence-electron chi connectivity index (χ3n) is 2.53. The first-order valence-corrected chi connectivity index (χ1v) is 5.81. The fraction of sp³-hybridized carbons (Fsp3) is 0.0833. The molecule has 88 valence electrons. The van der Waals surface area contributed by atoms with Gasteiger partial charge in [-0.1, -0.05) is 15.9 Å². The molecule has 1 aromatic heterocycles. The largest absolute Gasteiger partial charge is 0.398 e. The van der Waals surface area contributed by atoms with Gasteiger partial charge >= 0.3 is 0 Å². The standard InChI is InChI=1S/C12H12BrN3O/c13-7-1-2-10(14)8(5-7)12(17)9-6-16-4-3-11(9)15/h1-6,12,17H,14H2,(H2,15,16). The van der Waals surface area contributed by atoms with Gasteiger partial charge in [-0.3, -0.25) is 4.98 Å². The summed E-state index contributed by atoms with van der Waals surface area (Å²) in [5, 5.41) is 10.3. The van der Waals surface area contributed by atoms with Crippen LogP contribution in [0.5, 0.6) is 0 Å². The Hall–Kier alpha value is -1.59. The molecule has 5 heteroatoms. The van der Waals surface area contributed by atoms with Gasteiger partial charge in [-0.25, -0.2) is 0 Å². The van der Waals surface area contributed by atoms with Crippen LogP contribution >= 0.6 is 15.9 Å². The van der Waals surface area contributed by atoms with Crippen LogP contribution in [0.3, 0.4) is 0 Å². The molecular formula is C12H12BrN3O. The number of rotatable bonds is 2. The fourth-order valence-corrected chi connectivity index (χ4v) is 1.97. The minimum Gasteiger partial charge on any atom is -0.398 e. The summed E-state index contributed by atoms with van der Waals surface area (Å²) in [4.78, 5) is 3.95. The molecule has 4 nitrogen and oxygen atoms in total. The fourth-order valence-electron chi connectivity index (χ4n) is 1.60. The lowest BCUT2D eigenvalue weighted by atomic mass is 10.0. The van der Waals surface area contributed by atoms with Crippen LogP contribution in [0.25, 0.3) is 0 Å². The Labute approximate surface area is 107 Å². The molecule has 0 aliphatic heterocycles. The monoisotopic (exact) mass is 293 g/mol. The normalized spacial score (nSPS) is 12.4. The number of aliphatic hydroxyl groups is 1. The predicted molar refractivity (Wildman–Crippen MR) is 71.3 cm³/mol. The summed E-state index contributed by atoms with van der Waals surface area (Å²) >= 11 is 3.34. The molecular weight excluding hydrogens is 282 g/mol. The van der Waals surface area contributed by atoms with E-state index in [0.717, 1.165) is 4.47 Å². The third kappa shape index (κ3) is 2.40. The highest BCUT2D eigenvalue weighted by molar-refractivity contribution is 9.10. The van der Waals surface area contributed by atoms with Crippen molar-refractivity contribution in [2.45, 2.75) is 6.10 Å². The first-order valence-electron chi connectivity index (χ1n) is 5.02. The minimum atomic E-state index is -0.874. The molecule has 0 amide bonds. The van der Waals surface area contributed by atoms with Crippen LogP contribution in [0.4, 0.5) is 11.4 Å². The first kappa shape index (κ1) is 11.9. The van der Waals surface area contributed by atoms with Crippen LogP contribution in [-0.4, -0.2) is 10.1 Å². The molecule has 0 saturated heterocycles. The van der Waals surface area contributed by atoms with Crippen LogP contribution in [0, 0.1) is 0 Å². The molecule has 2 rings (SSSR count). The molecule has 5 N–H and O–H groups in total. The van der Waals surface area contributed by atoms with E-state index in [4.69, 9.17) is 11.5 Å². The molecule has 0 saturated carbocycles. The van der Waals surface area contributed by atoms with Gasteiger partial charge in [0.2, 0.25) is 0 Å². The number of pyridine rings is 1. The zero-order valence-corrected chi connectivity index (χ0v) is 10.6. The molecule has 0 bridgehead atoms. The zero-order valence-electron chi connectivity index (χ0n) is 8.97. The molecule has 0 spiro atoms. The summed E-state index contributed by atoms with van der Waals surface area (Å²) in [6, 6.07) is 6.96. The van der Waals surface area contributed by atoms with Crippen molar-refractivity contribution in [2.24, 2.45) is 0 Å². The highest BCUT2D eigenvalue weighted by Gasteiger charge is 2.16. The average Bonchev–Trinajstić information content (AvgIpc) is 2.32. The van der Waals surface area contributed by atoms with E-state index in [9.17, 15) is 5.11 Å². The first-order chi connectivity index (χ1) is 8.09. The quantitative estimate of drug-likeness (QED) is 0.740. The van der Waals surface area contributed by atoms with Crippen LogP contribution in [-0.2, 0) is 0 Å². The van der Waals surface area contributed by atoms with E-state index in [2.05, 4.69) is 20.9 Å². The van der Waals surface area contributed by atoms with E-state index >= 15 is 0 Å². The van der Waals surface area contributed by atoms with Gasteiger partial charge in [-0.2, -0.15) is 0 Å². The van der Waals surface area contributed by atoms with Crippen molar-refractivity contribution in [3.8, 4) is 0 Å². The number of anilines is 2. The number of hydrogen-bond acceptors (Lipinski definition) is 4. The molecule has 17 heavy (non-hydrogen) atoms. The Morgan fingerprint density at radius 3 is 2.53 bits per heavy atom. The molecule has 1 unspecified atom stereocenters. The second-order valence-corrected chi connectivity index (χ2v) is 4.60. The number of nitrogen functional groups attached to an aromatic ring is 2. The number of aromatic nitrogens is 1. The van der Waals surface area contributed by atoms with Crippen molar-refractivity contribution in [2.75, 3.05) is 11.5 Å². The van der Waals surface area contributed by atoms with Gasteiger partial charge in [0.15, 0.2) is 0 Å². The van der Waals surface area contributed by atoms with Crippen LogP contribution in [0.1, 0.15) is 17.2 Å². The maximum atomic E-state index is 10.3. The summed E-state index contributed by atoms with van der Waals surface area (Å²) in [7, 11) is 0. The van der Waals surface area contributed by atoms with Crippen molar-refractivity contribution < 1.29 is 5.11 Å². The third-order valence-corrected chi connectivity index (χ3v) is 3.02. The van der Waals surface area contributed by atoms with Gasteiger partial charge in [0, 0.05) is 39.4 Å². The summed E-state index contributed by atoms with van der Waals surface area (Å²) in [6.45, 7) is 0. The number of hydrogen-bond donors (Lipinski definition) is 3. The van der Waals surface area contributed by atoms with Gasteiger partial charge in [-0.05, 0) is 24.3 Å². The van der Waals surface area contributed by atoms with Gasteiger partial charge in [0.1, 0.15) is 6.10 Å². The van der Waals surface area contributed by atoms with Gasteiger partial charge in [0.25, 0.3) is 0 Å². The Kier molecular flexibility index (Phi) is 3.31. The number of nitrogens with two attached hydrogens (primary N) is 2. The minimum absolute atomic E-state index is 0.492. The summed E-state index contributed by atoms with van der Waals surface area (Å²) in [6.07, 6.45) is 2.25. The molecule has 1 heterocycles. The molecule has 0 radical (unpaired) electrons. The maximum Gasteiger partial charge on any atom is 0.110 e. The molecule has 0 fully saturated rings. The summed E-state index contributed by atoms with van der Waals surface area (Å²) in [5.74, 6) is 0. The maximum absolute atomic E-state index is 10.3. The molecule has 1 atom stereocenters. The van der Waals surface area contributed by atoms with Crippen LogP contribution in [0.2, 0.25) is 0 Å². The molecule has 0 aliphatic rings. The Morgan fingerprint density at radius 1 is 1.12 bits per heavy atom. The number of aliphatic hydroxyl groups excluding tert-OH is 1. The van der Waals surface area contributed by atoms with E-state index < -0.39 is 6.10 Å². The lowest BCUT2D eigenvalue weighted by Crippen LogP contribution is -2.07. The molecule has 0 aliphatic carbocycles. The smallest absolute Gasteiger partial charge is 0.110 e. The Morgan fingerprint density at radius 2 is 1.82 bits per heavy atom. The van der Waals surface area contributed by atoms with Crippen LogP contribution < -0.4 is 11.5 Å². The lowest BCUT2D eigenvalue weighted by Gasteiger charge is -2.15. The van der Waals surface area contributed by atoms with Gasteiger partial charge < -0.3 is 16.6 Å². The van der Waals surface area contributed by atoms with Crippen molar-refractivity contribution in [1.29, 1.82) is 0 Å². The van der Waals surface area contributed by atoms with Crippen molar-refractivity contribution in [3.05, 3.63) is 52.3 Å². The number of benzene rings is 1. The number of halogens is 1. The van der Waals surface area contributed by atoms with Crippen molar-refractivity contribution in [1.82, 2.24) is 4.98 Å². The van der Waals surface area contributed by atoms with Crippen molar-refractivity contribution in [3.63, 3.8) is 0 Å². The van der Waals surface area contributed by atoms with E-state index in [0.29, 0.717) is 22.5 Å². The predicted octanol–water partition coefficient (Wildman–Crippen LogP) is 2.09. The highest BCUT2D eigenvalue weighted by atomic mass is 79.9. The van der Waals surface area contributed by atoms with Gasteiger partial charge in [-0.15, -0.1) is 0 Å². The van der Waals surface area contributed by atoms with E-state index in [-0.39, 0.29) is 0 Å². The van der Waals surface area contributed by atoms with Crippen molar-refractivity contribution >= 4 is 27.3 Å². The second kappa shape index (κ2) is 4.73. The Balaban J connectivity index is 2.47. The second-order valence-electron chi connectivity index (χ2n) is 3.68. The number of nitrogens with zero attached hydrogens (tertiary/aromatic N) is 1. The average molecular weight is 294 g/mol. The van der Waals surface area contributed by atoms with E-state index in [1.165, 1.54) is 0 Å². The molecule has 1 aromatic carbocycles. The lowest BCUT2D eigenvalue weighted by molar-refractivity contribution is 0.221. The van der Waals surface area contributed by atoms with Gasteiger partial charge in [0.05, 0.1) is 0 Å². The zero-order chi connectivity index (χ0) is 12.4. The topological polar surface area (TPSA) is 85.2 Å². The summed E-state index contributed by atoms with van der Waals surface area (Å²) < 4.78 is 0.850. The van der Waals surface area contributed by atoms with Crippen LogP contribution in [0.15, 0.2) is 41.1 Å². The molecule has 2 aromatic rings. The summed E-state index contributed by atoms with van der Waals surface area (Å²) in [5.41, 5.74) is 13.8.